The summed E-state index contributed by atoms with van der Waals surface area (Å²) in [4.78, 5) is 28.3. The van der Waals surface area contributed by atoms with Crippen molar-refractivity contribution in [2.45, 2.75) is 6.04 Å². The summed E-state index contributed by atoms with van der Waals surface area (Å²) in [7, 11) is 2.94. The number of para-hydroxylation sites is 2. The quantitative estimate of drug-likeness (QED) is 0.328. The molecule has 1 unspecified atom stereocenters. The maximum atomic E-state index is 13.8. The number of aromatic hydroxyl groups is 1. The summed E-state index contributed by atoms with van der Waals surface area (Å²) >= 11 is 6.15. The van der Waals surface area contributed by atoms with Gasteiger partial charge < -0.3 is 24.1 Å². The Hall–Kier alpha value is -4.43. The van der Waals surface area contributed by atoms with E-state index in [0.29, 0.717) is 33.1 Å². The zero-order chi connectivity index (χ0) is 25.6. The molecule has 1 aliphatic rings. The van der Waals surface area contributed by atoms with Gasteiger partial charge in [0.25, 0.3) is 5.91 Å². The first-order valence-corrected chi connectivity index (χ1v) is 11.2. The number of furan rings is 1. The number of Topliss-reactive ketones (excluding diaryl/α,β-unsaturated/α-hetero) is 1. The fourth-order valence-corrected chi connectivity index (χ4v) is 4.58. The lowest BCUT2D eigenvalue weighted by Crippen LogP contribution is -2.31. The molecule has 1 amide bonds. The third-order valence-corrected chi connectivity index (χ3v) is 6.21. The molecule has 182 valence electrons. The second-order valence-corrected chi connectivity index (χ2v) is 8.51. The van der Waals surface area contributed by atoms with Crippen LogP contribution in [0.4, 0.5) is 5.69 Å². The number of anilines is 1. The van der Waals surface area contributed by atoms with Crippen LogP contribution >= 0.6 is 11.6 Å². The lowest BCUT2D eigenvalue weighted by molar-refractivity contribution is -0.117. The molecule has 36 heavy (non-hydrogen) atoms. The monoisotopic (exact) mass is 505 g/mol. The molecule has 2 heterocycles. The van der Waals surface area contributed by atoms with Crippen LogP contribution in [-0.2, 0) is 4.79 Å². The predicted octanol–water partition coefficient (Wildman–Crippen LogP) is 5.59. The average molecular weight is 506 g/mol. The zero-order valence-electron chi connectivity index (χ0n) is 19.2. The van der Waals surface area contributed by atoms with Crippen LogP contribution in [0.15, 0.2) is 82.5 Å². The molecule has 1 aliphatic heterocycles. The Kier molecular flexibility index (Phi) is 5.81. The molecule has 2 N–H and O–H groups in total. The molecule has 4 aromatic rings. The zero-order valence-corrected chi connectivity index (χ0v) is 19.9. The van der Waals surface area contributed by atoms with Crippen molar-refractivity contribution in [3.8, 4) is 17.2 Å². The second kappa shape index (κ2) is 8.98. The van der Waals surface area contributed by atoms with E-state index >= 15 is 0 Å². The molecular formula is C27H20ClNO7. The molecule has 0 aliphatic carbocycles. The number of fused-ring (bicyclic) bond motifs is 1. The molecule has 9 heteroatoms. The van der Waals surface area contributed by atoms with Crippen molar-refractivity contribution >= 4 is 39.9 Å². The molecule has 0 bridgehead atoms. The second-order valence-electron chi connectivity index (χ2n) is 8.07. The number of rotatable bonds is 6. The van der Waals surface area contributed by atoms with Gasteiger partial charge in [0.05, 0.1) is 31.5 Å². The summed E-state index contributed by atoms with van der Waals surface area (Å²) in [6, 6.07) is 16.5. The van der Waals surface area contributed by atoms with Gasteiger partial charge in [-0.25, -0.2) is 0 Å². The van der Waals surface area contributed by atoms with Gasteiger partial charge >= 0.3 is 0 Å². The number of phenolic OH excluding ortho intramolecular Hbond substituents is 1. The average Bonchev–Trinajstić information content (AvgIpc) is 3.42. The van der Waals surface area contributed by atoms with Crippen LogP contribution < -0.4 is 14.4 Å². The summed E-state index contributed by atoms with van der Waals surface area (Å²) < 4.78 is 16.5. The fraction of sp³-hybridized carbons (Fsp3) is 0.111. The van der Waals surface area contributed by atoms with Crippen LogP contribution in [-0.4, -0.2) is 36.1 Å². The van der Waals surface area contributed by atoms with Crippen LogP contribution in [0.2, 0.25) is 5.02 Å². The number of nitrogens with zero attached hydrogens (tertiary/aromatic N) is 1. The van der Waals surface area contributed by atoms with Gasteiger partial charge in [-0.2, -0.15) is 0 Å². The molecule has 1 atom stereocenters. The Morgan fingerprint density at radius 3 is 2.50 bits per heavy atom. The van der Waals surface area contributed by atoms with Crippen molar-refractivity contribution in [3.05, 3.63) is 94.4 Å². The smallest absolute Gasteiger partial charge is 0.294 e. The predicted molar refractivity (Wildman–Crippen MR) is 133 cm³/mol. The lowest BCUT2D eigenvalue weighted by atomic mass is 9.94. The fourth-order valence-electron chi connectivity index (χ4n) is 4.36. The van der Waals surface area contributed by atoms with Crippen molar-refractivity contribution in [1.29, 1.82) is 0 Å². The van der Waals surface area contributed by atoms with Crippen LogP contribution in [0.25, 0.3) is 11.0 Å². The highest BCUT2D eigenvalue weighted by Gasteiger charge is 2.46. The molecule has 8 nitrogen and oxygen atoms in total. The number of methoxy groups -OCH3 is 2. The molecule has 0 spiro atoms. The summed E-state index contributed by atoms with van der Waals surface area (Å²) in [6.07, 6.45) is 0. The topological polar surface area (TPSA) is 109 Å². The maximum Gasteiger partial charge on any atom is 0.294 e. The Labute approximate surface area is 210 Å². The number of halogens is 1. The van der Waals surface area contributed by atoms with Crippen LogP contribution in [0.3, 0.4) is 0 Å². The number of aliphatic hydroxyl groups excluding tert-OH is 1. The van der Waals surface area contributed by atoms with Crippen molar-refractivity contribution in [1.82, 2.24) is 0 Å². The first-order chi connectivity index (χ1) is 17.3. The number of phenols is 1. The van der Waals surface area contributed by atoms with E-state index in [4.69, 9.17) is 25.5 Å². The van der Waals surface area contributed by atoms with Gasteiger partial charge in [0.2, 0.25) is 5.78 Å². The third-order valence-electron chi connectivity index (χ3n) is 5.99. The highest BCUT2D eigenvalue weighted by atomic mass is 35.5. The Balaban J connectivity index is 1.69. The molecule has 1 aromatic heterocycles. The number of ether oxygens (including phenoxy) is 2. The van der Waals surface area contributed by atoms with Crippen LogP contribution in [0.5, 0.6) is 17.2 Å². The highest BCUT2D eigenvalue weighted by Crippen LogP contribution is 2.45. The number of amides is 1. The van der Waals surface area contributed by atoms with E-state index in [-0.39, 0.29) is 22.8 Å². The Bertz CT molecular complexity index is 1560. The summed E-state index contributed by atoms with van der Waals surface area (Å²) in [5.41, 5.74) is 0.698. The molecule has 5 rings (SSSR count). The Morgan fingerprint density at radius 1 is 1.00 bits per heavy atom. The molecule has 0 saturated heterocycles. The first kappa shape index (κ1) is 23.3. The molecule has 0 radical (unpaired) electrons. The minimum atomic E-state index is -1.08. The molecular weight excluding hydrogens is 486 g/mol. The van der Waals surface area contributed by atoms with E-state index in [9.17, 15) is 19.8 Å². The number of benzene rings is 3. The summed E-state index contributed by atoms with van der Waals surface area (Å²) in [5.74, 6) is -1.79. The van der Waals surface area contributed by atoms with E-state index in [1.807, 2.05) is 0 Å². The maximum absolute atomic E-state index is 13.8. The minimum absolute atomic E-state index is 0.119. The highest BCUT2D eigenvalue weighted by molar-refractivity contribution is 6.31. The van der Waals surface area contributed by atoms with Gasteiger partial charge in [0, 0.05) is 16.5 Å². The van der Waals surface area contributed by atoms with Gasteiger partial charge in [0.15, 0.2) is 22.9 Å². The third kappa shape index (κ3) is 3.72. The normalized spacial score (nSPS) is 15.6. The van der Waals surface area contributed by atoms with Crippen LogP contribution in [0, 0.1) is 0 Å². The summed E-state index contributed by atoms with van der Waals surface area (Å²) in [6.45, 7) is 0. The number of hydrogen-bond donors (Lipinski definition) is 2. The van der Waals surface area contributed by atoms with E-state index in [2.05, 4.69) is 0 Å². The van der Waals surface area contributed by atoms with E-state index < -0.39 is 23.5 Å². The number of carbonyl (C=O) groups is 2. The van der Waals surface area contributed by atoms with Crippen molar-refractivity contribution in [3.63, 3.8) is 0 Å². The van der Waals surface area contributed by atoms with Crippen LogP contribution in [0.1, 0.15) is 22.2 Å². The SMILES string of the molecule is COc1cccc(C2C(C(=O)c3cc4cc(Cl)cc(OC)c4o3)=C(O)C(=O)N2c2ccccc2O)c1. The molecule has 3 aromatic carbocycles. The first-order valence-electron chi connectivity index (χ1n) is 10.8. The largest absolute Gasteiger partial charge is 0.506 e. The van der Waals surface area contributed by atoms with Gasteiger partial charge in [-0.1, -0.05) is 35.9 Å². The number of hydrogen-bond acceptors (Lipinski definition) is 7. The number of carbonyl (C=O) groups excluding carboxylic acids is 2. The van der Waals surface area contributed by atoms with Gasteiger partial charge in [-0.3, -0.25) is 14.5 Å². The number of aliphatic hydroxyl groups is 1. The van der Waals surface area contributed by atoms with Crippen molar-refractivity contribution < 1.29 is 33.7 Å². The van der Waals surface area contributed by atoms with Crippen molar-refractivity contribution in [2.75, 3.05) is 19.1 Å². The molecule has 0 fully saturated rings. The summed E-state index contributed by atoms with van der Waals surface area (Å²) in [5, 5.41) is 22.4. The van der Waals surface area contributed by atoms with E-state index in [1.54, 1.807) is 48.5 Å². The van der Waals surface area contributed by atoms with E-state index in [0.717, 1.165) is 0 Å². The lowest BCUT2D eigenvalue weighted by Gasteiger charge is -2.27. The molecule has 0 saturated carbocycles. The van der Waals surface area contributed by atoms with E-state index in [1.165, 1.54) is 37.3 Å². The number of ketones is 1. The van der Waals surface area contributed by atoms with Gasteiger partial charge in [-0.15, -0.1) is 0 Å². The van der Waals surface area contributed by atoms with Gasteiger partial charge in [-0.05, 0) is 42.0 Å². The van der Waals surface area contributed by atoms with Gasteiger partial charge in [0.1, 0.15) is 11.5 Å². The Morgan fingerprint density at radius 2 is 1.78 bits per heavy atom. The standard InChI is InChI=1S/C27H20ClNO7/c1-34-17-7-5-6-14(11-17)23-22(25(32)27(33)29(23)18-8-3-4-9-19(18)30)24(31)20-12-15-10-16(28)13-21(35-2)26(15)36-20/h3-13,23,30,32H,1-2H3. The van der Waals surface area contributed by atoms with Crippen molar-refractivity contribution in [2.24, 2.45) is 0 Å². The minimum Gasteiger partial charge on any atom is -0.506 e.